The molecular formula is C35H51N14O25P4+. The molecule has 0 saturated carbocycles. The van der Waals surface area contributed by atoms with Crippen LogP contribution < -0.4 is 38.2 Å². The molecule has 430 valence electrons. The van der Waals surface area contributed by atoms with Crippen molar-refractivity contribution < 1.29 is 108 Å². The largest absolute Gasteiger partial charge is 0.490 e. The average molecular weight is 1190 g/mol. The number of nitrogens with two attached hydrogens (primary N) is 2. The zero-order chi connectivity index (χ0) is 57.0. The van der Waals surface area contributed by atoms with Gasteiger partial charge in [0.1, 0.15) is 54.6 Å². The molecule has 0 radical (unpaired) electrons. The Bertz CT molecular complexity index is 3430. The van der Waals surface area contributed by atoms with Gasteiger partial charge in [0.15, 0.2) is 30.2 Å². The van der Waals surface area contributed by atoms with Crippen LogP contribution in [0.15, 0.2) is 45.6 Å². The highest BCUT2D eigenvalue weighted by Gasteiger charge is 2.54. The summed E-state index contributed by atoms with van der Waals surface area (Å²) < 4.78 is 110. The van der Waals surface area contributed by atoms with Gasteiger partial charge in [0, 0.05) is 45.9 Å². The number of urea groups is 1. The van der Waals surface area contributed by atoms with Crippen LogP contribution in [0.1, 0.15) is 18.7 Å². The van der Waals surface area contributed by atoms with Gasteiger partial charge in [-0.05, 0) is 0 Å². The number of imidazole rings is 2. The first-order valence-electron chi connectivity index (χ1n) is 22.3. The number of aromatic nitrogens is 10. The third-order valence-electron chi connectivity index (χ3n) is 12.0. The van der Waals surface area contributed by atoms with Crippen molar-refractivity contribution in [3.63, 3.8) is 0 Å². The summed E-state index contributed by atoms with van der Waals surface area (Å²) in [6.07, 6.45) is -13.8. The minimum absolute atomic E-state index is 0.00270. The van der Waals surface area contributed by atoms with Crippen molar-refractivity contribution in [1.82, 2.24) is 53.8 Å². The van der Waals surface area contributed by atoms with Gasteiger partial charge in [-0.25, -0.2) is 47.4 Å². The van der Waals surface area contributed by atoms with Gasteiger partial charge in [-0.2, -0.15) is 8.62 Å². The Balaban J connectivity index is 0.950. The number of phosphoric ester groups is 3. The minimum atomic E-state index is -6.24. The minimum Gasteiger partial charge on any atom is -0.387 e. The van der Waals surface area contributed by atoms with Crippen molar-refractivity contribution in [1.29, 1.82) is 0 Å². The maximum absolute atomic E-state index is 13.6. The molecule has 78 heavy (non-hydrogen) atoms. The zero-order valence-corrected chi connectivity index (χ0v) is 44.2. The number of nitrogens with one attached hydrogen (secondary N) is 3. The summed E-state index contributed by atoms with van der Waals surface area (Å²) in [6.45, 7) is -3.73. The molecule has 2 amide bonds. The second kappa shape index (κ2) is 22.7. The number of rotatable bonds is 21. The molecule has 3 fully saturated rings. The number of fused-ring (bicyclic) bond motifs is 2. The van der Waals surface area contributed by atoms with Crippen molar-refractivity contribution >= 4 is 71.4 Å². The number of nitrogen functional groups attached to an aromatic ring is 2. The van der Waals surface area contributed by atoms with Crippen molar-refractivity contribution in [3.05, 3.63) is 62.4 Å². The number of hydrogen-bond donors (Lipinski definition) is 12. The fourth-order valence-corrected chi connectivity index (χ4v) is 13.0. The van der Waals surface area contributed by atoms with E-state index in [2.05, 4.69) is 38.9 Å². The molecule has 5 unspecified atom stereocenters. The van der Waals surface area contributed by atoms with Gasteiger partial charge in [-0.1, -0.05) is 4.98 Å². The molecule has 5 aromatic heterocycles. The molecule has 8 rings (SSSR count). The predicted octanol–water partition coefficient (Wildman–Crippen LogP) is -4.35. The first kappa shape index (κ1) is 58.8. The number of amides is 2. The van der Waals surface area contributed by atoms with E-state index in [0.717, 1.165) is 41.5 Å². The van der Waals surface area contributed by atoms with E-state index >= 15 is 0 Å². The summed E-state index contributed by atoms with van der Waals surface area (Å²) in [5.74, 6) is -1.60. The lowest BCUT2D eigenvalue weighted by molar-refractivity contribution is -0.745. The molecule has 0 spiro atoms. The Hall–Kier alpha value is -5.31. The second-order valence-electron chi connectivity index (χ2n) is 17.5. The third kappa shape index (κ3) is 12.7. The molecule has 0 bridgehead atoms. The fourth-order valence-electron chi connectivity index (χ4n) is 8.49. The molecule has 0 aliphatic carbocycles. The molecule has 3 aliphatic rings. The van der Waals surface area contributed by atoms with E-state index in [9.17, 15) is 72.3 Å². The lowest BCUT2D eigenvalue weighted by Gasteiger charge is -2.26. The van der Waals surface area contributed by atoms with Gasteiger partial charge in [0.25, 0.3) is 17.1 Å². The van der Waals surface area contributed by atoms with Crippen molar-refractivity contribution in [2.45, 2.75) is 67.5 Å². The lowest BCUT2D eigenvalue weighted by Crippen LogP contribution is -2.47. The monoisotopic (exact) mass is 1190 g/mol. The number of aliphatic hydroxyl groups excluding tert-OH is 3. The average Bonchev–Trinajstić information content (AvgIpc) is 4.17. The van der Waals surface area contributed by atoms with E-state index in [1.54, 1.807) is 0 Å². The second-order valence-corrected chi connectivity index (χ2v) is 23.5. The topological polar surface area (TPSA) is 540 Å². The van der Waals surface area contributed by atoms with Gasteiger partial charge in [-0.15, -0.1) is 0 Å². The van der Waals surface area contributed by atoms with E-state index in [1.165, 1.54) is 41.2 Å². The maximum atomic E-state index is 13.6. The van der Waals surface area contributed by atoms with Crippen LogP contribution in [0.5, 0.6) is 0 Å². The number of anilines is 2. The number of phosphoric acid groups is 4. The number of aliphatic hydroxyl groups is 3. The number of aromatic amines is 2. The Morgan fingerprint density at radius 2 is 1.46 bits per heavy atom. The van der Waals surface area contributed by atoms with Crippen molar-refractivity contribution in [2.75, 3.05) is 59.0 Å². The number of ether oxygens (including phenoxy) is 4. The van der Waals surface area contributed by atoms with E-state index in [0.29, 0.717) is 0 Å². The Labute approximate surface area is 434 Å². The highest BCUT2D eigenvalue weighted by molar-refractivity contribution is 7.66. The highest BCUT2D eigenvalue weighted by Crippen LogP contribution is 2.68. The predicted molar refractivity (Wildman–Crippen MR) is 252 cm³/mol. The number of methoxy groups -OCH3 is 1. The van der Waals surface area contributed by atoms with E-state index in [-0.39, 0.29) is 40.6 Å². The van der Waals surface area contributed by atoms with Gasteiger partial charge in [0.05, 0.1) is 39.3 Å². The van der Waals surface area contributed by atoms with E-state index in [1.807, 2.05) is 4.98 Å². The normalized spacial score (nSPS) is 29.5. The summed E-state index contributed by atoms with van der Waals surface area (Å²) in [6, 6.07) is 0.282. The Morgan fingerprint density at radius 1 is 0.821 bits per heavy atom. The quantitative estimate of drug-likeness (QED) is 0.0244. The van der Waals surface area contributed by atoms with Crippen molar-refractivity contribution in [3.8, 4) is 0 Å². The van der Waals surface area contributed by atoms with E-state index in [4.69, 9.17) is 48.5 Å². The van der Waals surface area contributed by atoms with Gasteiger partial charge in [-0.3, -0.25) is 51.4 Å². The lowest BCUT2D eigenvalue weighted by atomic mass is 9.98. The van der Waals surface area contributed by atoms with Crippen LogP contribution in [-0.4, -0.2) is 186 Å². The number of carbonyl (C=O) groups is 1. The number of aryl methyl sites for hydroxylation is 1. The first-order chi connectivity index (χ1) is 36.5. The number of H-pyrrole nitrogens is 2. The summed E-state index contributed by atoms with van der Waals surface area (Å²) in [5.41, 5.74) is 9.15. The smallest absolute Gasteiger partial charge is 0.387 e. The van der Waals surface area contributed by atoms with Crippen LogP contribution in [0, 0.1) is 5.92 Å². The summed E-state index contributed by atoms with van der Waals surface area (Å²) in [7, 11) is -18.2. The number of hydrogen-bond acceptors (Lipinski definition) is 27. The molecule has 5 aromatic rings. The number of nitrogens with zero attached hydrogens (tertiary/aromatic N) is 9. The number of carbonyl (C=O) groups excluding carboxylic acids is 1. The SMILES string of the molecule is CO[C@@H]1[C@H](OP(=O)(O)OC[C@H]2O[C@@H](n3ccc(=O)[nH]c3=O)[C@H](O)[C@@H]2O)C(COP(=O)(O)OP(=O)(O)OP(=O)(O)OC[C@H]2O[C@@H]([n+]3cn(C)c4c(=O)[nH]c(N)nc43)[C@H](O)[C@@H]2CNC(=O)N(C)C)O[C@H]1n1cnc2c(N)ncnc21. The van der Waals surface area contributed by atoms with E-state index < -0.39 is 147 Å². The Kier molecular flexibility index (Phi) is 17.1. The molecule has 43 heteroatoms. The molecule has 3 aliphatic heterocycles. The molecular weight excluding hydrogens is 1140 g/mol. The van der Waals surface area contributed by atoms with Crippen LogP contribution in [0.3, 0.4) is 0 Å². The molecule has 39 nitrogen and oxygen atoms in total. The first-order valence-corrected chi connectivity index (χ1v) is 28.3. The van der Waals surface area contributed by atoms with Crippen LogP contribution in [-0.2, 0) is 71.0 Å². The van der Waals surface area contributed by atoms with Crippen LogP contribution in [0.2, 0.25) is 0 Å². The van der Waals surface area contributed by atoms with Crippen molar-refractivity contribution in [2.24, 2.45) is 13.0 Å². The molecule has 16 atom stereocenters. The molecule has 8 heterocycles. The summed E-state index contributed by atoms with van der Waals surface area (Å²) in [4.78, 5) is 113. The van der Waals surface area contributed by atoms with Crippen LogP contribution >= 0.6 is 31.3 Å². The third-order valence-corrected chi connectivity index (χ3v) is 17.3. The van der Waals surface area contributed by atoms with Gasteiger partial charge >= 0.3 is 48.7 Å². The van der Waals surface area contributed by atoms with Crippen LogP contribution in [0.25, 0.3) is 22.3 Å². The summed E-state index contributed by atoms with van der Waals surface area (Å²) in [5, 5.41) is 35.3. The highest BCUT2D eigenvalue weighted by atomic mass is 31.3. The maximum Gasteiger partial charge on any atom is 0.490 e. The Morgan fingerprint density at radius 3 is 2.12 bits per heavy atom. The zero-order valence-electron chi connectivity index (χ0n) is 40.6. The van der Waals surface area contributed by atoms with Gasteiger partial charge < -0.3 is 75.5 Å². The molecule has 0 aromatic carbocycles. The molecule has 3 saturated heterocycles. The summed E-state index contributed by atoms with van der Waals surface area (Å²) >= 11 is 0. The standard InChI is InChI=1S/C35H50N14O25P4/c1-45(2)34(55)38-7-14-15(69-30(21(14)51)49-13-46(3)20-28(49)43-33(37)44-29(20)54)8-67-76(59,60)73-78(63,64)74-77(61,62)68-10-17-24(25(65-4)32(71-17)48-12-41-19-26(36)39-11-40-27(19)48)72-75(57,58)66-9-16-22(52)23(53)31(70-16)47-6-5-18(50)42-35(47)56/h5-6,11-17,21-25,30-32,51-53H,7-10H2,1-4H3,(H10-,36,37,38,39,40,42,43,44,50,54,55,56,57,58,59,60,61,62,63,64)/p+1/t14-,15-,16-,17?,21-,22-,23-,24-,25-,30-,31-,32-/m1/s1. The van der Waals surface area contributed by atoms with Crippen LogP contribution in [0.4, 0.5) is 16.6 Å². The molecule has 14 N–H and O–H groups in total. The van der Waals surface area contributed by atoms with Gasteiger partial charge in [0.2, 0.25) is 11.7 Å². The fraction of sp³-hybridized carbons (Fsp3) is 0.571.